The first-order valence-electron chi connectivity index (χ1n) is 20.5. The second-order valence-electron chi connectivity index (χ2n) is 18.7. The molecule has 316 valence electrons. The van der Waals surface area contributed by atoms with Gasteiger partial charge in [0, 0.05) is 7.11 Å². The molecule has 6 N–H and O–H groups in total. The van der Waals surface area contributed by atoms with E-state index in [-0.39, 0.29) is 59.0 Å². The van der Waals surface area contributed by atoms with E-state index in [9.17, 15) is 25.5 Å². The maximum Gasteiger partial charge on any atom is 0.300 e. The van der Waals surface area contributed by atoms with Crippen molar-refractivity contribution >= 4 is 12.9 Å². The molecule has 0 aromatic rings. The van der Waals surface area contributed by atoms with Crippen molar-refractivity contribution in [1.29, 1.82) is 0 Å². The number of ether oxygens (including phenoxy) is 3. The van der Waals surface area contributed by atoms with Gasteiger partial charge in [-0.3, -0.25) is 9.59 Å². The van der Waals surface area contributed by atoms with E-state index in [2.05, 4.69) is 80.1 Å². The van der Waals surface area contributed by atoms with Crippen LogP contribution in [-0.2, 0) is 23.8 Å². The lowest BCUT2D eigenvalue weighted by Gasteiger charge is -2.70. The Kier molecular flexibility index (Phi) is 17.9. The van der Waals surface area contributed by atoms with Gasteiger partial charge in [-0.15, -0.1) is 0 Å². The zero-order valence-corrected chi connectivity index (χ0v) is 35.6. The molecule has 9 unspecified atom stereocenters. The Balaban J connectivity index is 0.000000414. The van der Waals surface area contributed by atoms with Crippen LogP contribution in [0, 0.1) is 45.3 Å². The quantitative estimate of drug-likeness (QED) is 0.101. The standard InChI is InChI=1S/C31H54O3.C7H14O5.C3H8.C2H2O3/c1-20(2)11-10-15-31(8,34-9)21-12-17-30(7)26(21)22(32)19-24-28(5)16-14-25(33)27(3,4)23(28)13-18-29(24,30)6;1-3-5(9)7(11)6(10)4(2-8)12-3;1-3-2;3-1-5-2-4/h11,21-26,32-33H,10,12-19H2,1-9H3;3-11H,2H2,1H3;3H2,1-2H3;1-2H/t21?,22-,23?,24?,25+,26+,28+,29-,30-,31?;;;/m1.../s1. The van der Waals surface area contributed by atoms with Crippen molar-refractivity contribution in [2.75, 3.05) is 13.7 Å². The number of hydrogen-bond donors (Lipinski definition) is 6. The Morgan fingerprint density at radius 1 is 0.852 bits per heavy atom. The van der Waals surface area contributed by atoms with Gasteiger partial charge >= 0.3 is 12.9 Å². The second-order valence-corrected chi connectivity index (χ2v) is 18.7. The number of fused-ring (bicyclic) bond motifs is 5. The molecule has 5 rings (SSSR count). The maximum absolute atomic E-state index is 11.9. The Hall–Kier alpha value is -1.44. The normalized spacial score (nSPS) is 42.9. The fourth-order valence-corrected chi connectivity index (χ4v) is 11.8. The van der Waals surface area contributed by atoms with Crippen LogP contribution in [0.4, 0.5) is 0 Å². The molecule has 15 atom stereocenters. The average Bonchev–Trinajstić information content (AvgIpc) is 3.50. The highest BCUT2D eigenvalue weighted by atomic mass is 16.6. The van der Waals surface area contributed by atoms with E-state index >= 15 is 0 Å². The topological polar surface area (TPSA) is 183 Å². The predicted octanol–water partition coefficient (Wildman–Crippen LogP) is 5.74. The Bertz CT molecular complexity index is 1200. The first kappa shape index (κ1) is 48.7. The minimum absolute atomic E-state index is 0.0468. The van der Waals surface area contributed by atoms with E-state index in [1.807, 2.05) is 7.11 Å². The van der Waals surface area contributed by atoms with E-state index in [4.69, 9.17) is 24.2 Å². The maximum atomic E-state index is 11.9. The van der Waals surface area contributed by atoms with E-state index in [1.54, 1.807) is 6.92 Å². The summed E-state index contributed by atoms with van der Waals surface area (Å²) < 4.78 is 14.8. The van der Waals surface area contributed by atoms with E-state index in [0.29, 0.717) is 23.7 Å². The van der Waals surface area contributed by atoms with E-state index < -0.39 is 30.5 Å². The number of carbonyl (C=O) groups excluding carboxylic acids is 2. The number of aliphatic hydroxyl groups is 6. The monoisotopic (exact) mass is 771 g/mol. The number of hydrogen-bond acceptors (Lipinski definition) is 11. The predicted molar refractivity (Wildman–Crippen MR) is 209 cm³/mol. The van der Waals surface area contributed by atoms with Crippen molar-refractivity contribution in [2.24, 2.45) is 45.3 Å². The fourth-order valence-electron chi connectivity index (χ4n) is 11.8. The Morgan fingerprint density at radius 3 is 1.93 bits per heavy atom. The molecule has 0 spiro atoms. The SMILES string of the molecule is CC1OC(CO)C(O)C(O)C1O.CCC.COC(C)(CCC=C(C)C)C1CC[C@]2(C)[C@@H]1[C@H](O)CC1[C@@]3(C)CC[C@H](O)C(C)(C)C3CC[C@]12C.O=COC=O. The zero-order valence-electron chi connectivity index (χ0n) is 35.6. The fraction of sp³-hybridized carbons (Fsp3) is 0.907. The van der Waals surface area contributed by atoms with Crippen molar-refractivity contribution in [2.45, 2.75) is 189 Å². The van der Waals surface area contributed by atoms with Gasteiger partial charge in [-0.05, 0) is 131 Å². The summed E-state index contributed by atoms with van der Waals surface area (Å²) in [6, 6.07) is 0. The molecule has 5 fully saturated rings. The van der Waals surface area contributed by atoms with Crippen LogP contribution in [-0.4, -0.2) is 106 Å². The van der Waals surface area contributed by atoms with Gasteiger partial charge < -0.3 is 44.8 Å². The third-order valence-electron chi connectivity index (χ3n) is 15.1. The molecular formula is C43H78O11. The van der Waals surface area contributed by atoms with Crippen LogP contribution in [0.25, 0.3) is 0 Å². The molecule has 0 amide bonds. The average molecular weight is 771 g/mol. The van der Waals surface area contributed by atoms with Gasteiger partial charge in [0.1, 0.15) is 24.4 Å². The molecule has 1 saturated heterocycles. The summed E-state index contributed by atoms with van der Waals surface area (Å²) in [5.41, 5.74) is 1.67. The first-order valence-corrected chi connectivity index (χ1v) is 20.5. The van der Waals surface area contributed by atoms with Gasteiger partial charge in [0.15, 0.2) is 0 Å². The highest BCUT2D eigenvalue weighted by Crippen LogP contribution is 2.75. The van der Waals surface area contributed by atoms with Gasteiger partial charge in [-0.25, -0.2) is 0 Å². The smallest absolute Gasteiger partial charge is 0.300 e. The molecule has 0 bridgehead atoms. The van der Waals surface area contributed by atoms with Gasteiger partial charge in [0.25, 0.3) is 0 Å². The van der Waals surface area contributed by atoms with E-state index in [1.165, 1.54) is 31.3 Å². The van der Waals surface area contributed by atoms with Gasteiger partial charge in [-0.2, -0.15) is 0 Å². The molecule has 0 aromatic heterocycles. The number of rotatable bonds is 8. The van der Waals surface area contributed by atoms with E-state index in [0.717, 1.165) is 38.5 Å². The minimum atomic E-state index is -1.24. The molecular weight excluding hydrogens is 692 g/mol. The number of methoxy groups -OCH3 is 1. The van der Waals surface area contributed by atoms with Crippen LogP contribution in [0.3, 0.4) is 0 Å². The Morgan fingerprint density at radius 2 is 1.43 bits per heavy atom. The molecule has 0 radical (unpaired) electrons. The molecule has 1 heterocycles. The highest BCUT2D eigenvalue weighted by molar-refractivity contribution is 5.55. The first-order chi connectivity index (χ1) is 25.1. The van der Waals surface area contributed by atoms with Crippen molar-refractivity contribution in [3.05, 3.63) is 11.6 Å². The lowest BCUT2D eigenvalue weighted by molar-refractivity contribution is -0.247. The number of aliphatic hydroxyl groups excluding tert-OH is 6. The lowest BCUT2D eigenvalue weighted by atomic mass is 9.35. The molecule has 5 aliphatic rings. The summed E-state index contributed by atoms with van der Waals surface area (Å²) in [5.74, 6) is 1.74. The van der Waals surface area contributed by atoms with Crippen LogP contribution in [0.15, 0.2) is 11.6 Å². The van der Waals surface area contributed by atoms with Crippen LogP contribution in [0.1, 0.15) is 140 Å². The van der Waals surface area contributed by atoms with Crippen molar-refractivity contribution in [3.63, 3.8) is 0 Å². The van der Waals surface area contributed by atoms with Gasteiger partial charge in [0.05, 0.1) is 30.5 Å². The van der Waals surface area contributed by atoms with Crippen molar-refractivity contribution in [1.82, 2.24) is 0 Å². The summed E-state index contributed by atoms with van der Waals surface area (Å²) in [5, 5.41) is 59.2. The molecule has 0 aromatic carbocycles. The summed E-state index contributed by atoms with van der Waals surface area (Å²) in [6.45, 7) is 24.5. The summed E-state index contributed by atoms with van der Waals surface area (Å²) in [4.78, 5) is 17.9. The lowest BCUT2D eigenvalue weighted by Crippen LogP contribution is -2.66. The molecule has 4 aliphatic carbocycles. The zero-order chi connectivity index (χ0) is 41.4. The van der Waals surface area contributed by atoms with Crippen LogP contribution < -0.4 is 0 Å². The summed E-state index contributed by atoms with van der Waals surface area (Å²) >= 11 is 0. The number of carbonyl (C=O) groups is 2. The van der Waals surface area contributed by atoms with Crippen molar-refractivity contribution < 1.29 is 54.4 Å². The second kappa shape index (κ2) is 19.8. The van der Waals surface area contributed by atoms with Crippen LogP contribution >= 0.6 is 0 Å². The molecule has 4 saturated carbocycles. The highest BCUT2D eigenvalue weighted by Gasteiger charge is 2.71. The number of allylic oxidation sites excluding steroid dienone is 2. The third-order valence-corrected chi connectivity index (χ3v) is 15.1. The largest absolute Gasteiger partial charge is 0.398 e. The van der Waals surface area contributed by atoms with Crippen LogP contribution in [0.2, 0.25) is 0 Å². The summed E-state index contributed by atoms with van der Waals surface area (Å²) in [7, 11) is 1.89. The minimum Gasteiger partial charge on any atom is -0.398 e. The molecule has 1 aliphatic heterocycles. The summed E-state index contributed by atoms with van der Waals surface area (Å²) in [6.07, 6.45) is 7.94. The Labute approximate surface area is 326 Å². The molecule has 11 heteroatoms. The van der Waals surface area contributed by atoms with Crippen molar-refractivity contribution in [3.8, 4) is 0 Å². The van der Waals surface area contributed by atoms with Gasteiger partial charge in [-0.1, -0.05) is 66.5 Å². The van der Waals surface area contributed by atoms with Gasteiger partial charge in [0.2, 0.25) is 0 Å². The molecule has 54 heavy (non-hydrogen) atoms. The molecule has 11 nitrogen and oxygen atoms in total. The third kappa shape index (κ3) is 9.63. The van der Waals surface area contributed by atoms with Crippen LogP contribution in [0.5, 0.6) is 0 Å².